The van der Waals surface area contributed by atoms with Crippen molar-refractivity contribution < 1.29 is 4.79 Å². The van der Waals surface area contributed by atoms with Crippen molar-refractivity contribution in [1.82, 2.24) is 10.3 Å². The van der Waals surface area contributed by atoms with Crippen molar-refractivity contribution in [1.29, 1.82) is 0 Å². The van der Waals surface area contributed by atoms with Gasteiger partial charge in [-0.15, -0.1) is 11.3 Å². The number of thiophene rings is 1. The van der Waals surface area contributed by atoms with E-state index in [0.717, 1.165) is 22.2 Å². The molecule has 0 fully saturated rings. The van der Waals surface area contributed by atoms with Crippen LogP contribution in [0.25, 0.3) is 10.2 Å². The van der Waals surface area contributed by atoms with Gasteiger partial charge in [-0.3, -0.25) is 4.79 Å². The summed E-state index contributed by atoms with van der Waals surface area (Å²) in [6.45, 7) is 0. The van der Waals surface area contributed by atoms with Crippen molar-refractivity contribution in [3.63, 3.8) is 0 Å². The molecule has 2 heterocycles. The molecule has 0 saturated heterocycles. The summed E-state index contributed by atoms with van der Waals surface area (Å²) in [7, 11) is 0. The molecule has 1 aliphatic rings. The number of amides is 1. The highest BCUT2D eigenvalue weighted by Gasteiger charge is 2.30. The molecular weight excluding hydrogens is 318 g/mol. The molecule has 4 nitrogen and oxygen atoms in total. The van der Waals surface area contributed by atoms with Crippen LogP contribution in [0, 0.1) is 0 Å². The number of nitrogens with one attached hydrogen (secondary N) is 2. The summed E-state index contributed by atoms with van der Waals surface area (Å²) in [5.41, 5.74) is 9.12. The topological polar surface area (TPSA) is 70.9 Å². The van der Waals surface area contributed by atoms with E-state index in [0.29, 0.717) is 10.0 Å². The highest BCUT2D eigenvalue weighted by atomic mass is 35.5. The van der Waals surface area contributed by atoms with Crippen LogP contribution in [0.3, 0.4) is 0 Å². The minimum atomic E-state index is -0.161. The Morgan fingerprint density at radius 1 is 1.36 bits per heavy atom. The summed E-state index contributed by atoms with van der Waals surface area (Å²) in [4.78, 5) is 16.4. The van der Waals surface area contributed by atoms with Gasteiger partial charge in [-0.25, -0.2) is 0 Å². The zero-order valence-corrected chi connectivity index (χ0v) is 13.2. The van der Waals surface area contributed by atoms with Crippen LogP contribution in [0.5, 0.6) is 0 Å². The summed E-state index contributed by atoms with van der Waals surface area (Å²) in [5.74, 6) is -0.132. The number of rotatable bonds is 2. The molecular formula is C16H14ClN3OS. The van der Waals surface area contributed by atoms with E-state index in [9.17, 15) is 4.79 Å². The Hall–Kier alpha value is -1.82. The van der Waals surface area contributed by atoms with E-state index in [2.05, 4.69) is 16.4 Å². The number of halogens is 1. The van der Waals surface area contributed by atoms with Crippen LogP contribution in [0.4, 0.5) is 0 Å². The molecule has 112 valence electrons. The van der Waals surface area contributed by atoms with Crippen LogP contribution in [0.2, 0.25) is 4.34 Å². The molecule has 4 N–H and O–H groups in total. The first kappa shape index (κ1) is 13.8. The summed E-state index contributed by atoms with van der Waals surface area (Å²) in [6, 6.07) is 11.5. The van der Waals surface area contributed by atoms with E-state index < -0.39 is 0 Å². The lowest BCUT2D eigenvalue weighted by molar-refractivity contribution is 0.0929. The zero-order chi connectivity index (χ0) is 15.3. The minimum absolute atomic E-state index is 0.0742. The van der Waals surface area contributed by atoms with Crippen molar-refractivity contribution in [2.75, 3.05) is 0 Å². The predicted molar refractivity (Wildman–Crippen MR) is 89.5 cm³/mol. The maximum Gasteiger partial charge on any atom is 0.268 e. The first-order valence-electron chi connectivity index (χ1n) is 7.04. The SMILES string of the molecule is N[C@H]1c2ccccc2C[C@H]1NC(=O)c1cc2cc(Cl)sc2[nH]1. The number of aromatic nitrogens is 1. The molecule has 1 aromatic carbocycles. The average Bonchev–Trinajstić information content (AvgIpc) is 3.12. The van der Waals surface area contributed by atoms with E-state index in [4.69, 9.17) is 17.3 Å². The van der Waals surface area contributed by atoms with Gasteiger partial charge >= 0.3 is 0 Å². The molecule has 0 aliphatic heterocycles. The van der Waals surface area contributed by atoms with Crippen LogP contribution in [-0.4, -0.2) is 16.9 Å². The van der Waals surface area contributed by atoms with Crippen LogP contribution < -0.4 is 11.1 Å². The summed E-state index contributed by atoms with van der Waals surface area (Å²) >= 11 is 7.37. The van der Waals surface area contributed by atoms with Crippen LogP contribution in [0.1, 0.15) is 27.7 Å². The van der Waals surface area contributed by atoms with E-state index >= 15 is 0 Å². The molecule has 0 radical (unpaired) electrons. The van der Waals surface area contributed by atoms with Gasteiger partial charge in [0.15, 0.2) is 0 Å². The fourth-order valence-corrected chi connectivity index (χ4v) is 4.15. The second-order valence-electron chi connectivity index (χ2n) is 5.53. The number of H-pyrrole nitrogens is 1. The van der Waals surface area contributed by atoms with Gasteiger partial charge in [0, 0.05) is 5.39 Å². The number of hydrogen-bond donors (Lipinski definition) is 3. The van der Waals surface area contributed by atoms with E-state index in [1.807, 2.05) is 30.3 Å². The number of carbonyl (C=O) groups excluding carboxylic acids is 1. The normalized spacial score (nSPS) is 20.3. The molecule has 6 heteroatoms. The lowest BCUT2D eigenvalue weighted by Gasteiger charge is -2.17. The van der Waals surface area contributed by atoms with Crippen molar-refractivity contribution in [3.05, 3.63) is 57.6 Å². The van der Waals surface area contributed by atoms with Crippen LogP contribution >= 0.6 is 22.9 Å². The molecule has 22 heavy (non-hydrogen) atoms. The largest absolute Gasteiger partial charge is 0.346 e. The molecule has 0 unspecified atom stereocenters. The minimum Gasteiger partial charge on any atom is -0.346 e. The van der Waals surface area contributed by atoms with Gasteiger partial charge in [-0.2, -0.15) is 0 Å². The van der Waals surface area contributed by atoms with Gasteiger partial charge in [0.05, 0.1) is 16.4 Å². The van der Waals surface area contributed by atoms with Crippen molar-refractivity contribution >= 4 is 39.1 Å². The molecule has 4 rings (SSSR count). The first-order valence-corrected chi connectivity index (χ1v) is 8.23. The summed E-state index contributed by atoms with van der Waals surface area (Å²) < 4.78 is 0.710. The Kier molecular flexibility index (Phi) is 3.22. The second kappa shape index (κ2) is 5.12. The van der Waals surface area contributed by atoms with E-state index in [1.54, 1.807) is 0 Å². The van der Waals surface area contributed by atoms with Crippen molar-refractivity contribution in [2.24, 2.45) is 5.73 Å². The quantitative estimate of drug-likeness (QED) is 0.674. The third-order valence-electron chi connectivity index (χ3n) is 4.13. The van der Waals surface area contributed by atoms with Gasteiger partial charge in [0.25, 0.3) is 5.91 Å². The number of hydrogen-bond acceptors (Lipinski definition) is 3. The highest BCUT2D eigenvalue weighted by molar-refractivity contribution is 7.22. The Labute approximate surface area is 136 Å². The summed E-state index contributed by atoms with van der Waals surface area (Å²) in [5, 5.41) is 3.99. The maximum atomic E-state index is 12.4. The standard InChI is InChI=1S/C16H14ClN3OS/c17-13-7-9-6-12(20-16(9)22-13)15(21)19-11-5-8-3-1-2-4-10(8)14(11)18/h1-4,6-7,11,14,20H,5,18H2,(H,19,21)/t11-,14+/m1/s1. The zero-order valence-electron chi connectivity index (χ0n) is 11.6. The molecule has 3 aromatic rings. The first-order chi connectivity index (χ1) is 10.6. The van der Waals surface area contributed by atoms with Gasteiger partial charge in [0.2, 0.25) is 0 Å². The Bertz CT molecular complexity index is 838. The number of aromatic amines is 1. The van der Waals surface area contributed by atoms with Gasteiger partial charge in [0.1, 0.15) is 10.5 Å². The number of benzene rings is 1. The molecule has 2 aromatic heterocycles. The lowest BCUT2D eigenvalue weighted by Crippen LogP contribution is -2.40. The Morgan fingerprint density at radius 3 is 2.95 bits per heavy atom. The molecule has 2 atom stereocenters. The number of carbonyl (C=O) groups is 1. The molecule has 1 amide bonds. The Balaban J connectivity index is 1.54. The Morgan fingerprint density at radius 2 is 2.18 bits per heavy atom. The van der Waals surface area contributed by atoms with Gasteiger partial charge in [-0.05, 0) is 29.7 Å². The number of nitrogens with two attached hydrogens (primary N) is 1. The van der Waals surface area contributed by atoms with Crippen LogP contribution in [0.15, 0.2) is 36.4 Å². The highest BCUT2D eigenvalue weighted by Crippen LogP contribution is 2.31. The molecule has 0 bridgehead atoms. The molecule has 1 aliphatic carbocycles. The smallest absolute Gasteiger partial charge is 0.268 e. The molecule has 0 spiro atoms. The third-order valence-corrected chi connectivity index (χ3v) is 5.32. The lowest BCUT2D eigenvalue weighted by atomic mass is 10.1. The van der Waals surface area contributed by atoms with E-state index in [-0.39, 0.29) is 18.0 Å². The van der Waals surface area contributed by atoms with Gasteiger partial charge in [-0.1, -0.05) is 35.9 Å². The fraction of sp³-hybridized carbons (Fsp3) is 0.188. The van der Waals surface area contributed by atoms with Gasteiger partial charge < -0.3 is 16.0 Å². The van der Waals surface area contributed by atoms with Crippen LogP contribution in [-0.2, 0) is 6.42 Å². The van der Waals surface area contributed by atoms with E-state index in [1.165, 1.54) is 16.9 Å². The summed E-state index contributed by atoms with van der Waals surface area (Å²) in [6.07, 6.45) is 0.768. The molecule has 0 saturated carbocycles. The third kappa shape index (κ3) is 2.22. The predicted octanol–water partition coefficient (Wildman–Crippen LogP) is 3.24. The maximum absolute atomic E-state index is 12.4. The fourth-order valence-electron chi connectivity index (χ4n) is 3.03. The monoisotopic (exact) mass is 331 g/mol. The number of fused-ring (bicyclic) bond motifs is 2. The van der Waals surface area contributed by atoms with Crippen molar-refractivity contribution in [3.8, 4) is 0 Å². The second-order valence-corrected chi connectivity index (χ2v) is 7.21. The average molecular weight is 332 g/mol. The van der Waals surface area contributed by atoms with Crippen molar-refractivity contribution in [2.45, 2.75) is 18.5 Å².